The Morgan fingerprint density at radius 2 is 2.08 bits per heavy atom. The molecule has 1 saturated heterocycles. The second-order valence-corrected chi connectivity index (χ2v) is 9.63. The van der Waals surface area contributed by atoms with Gasteiger partial charge in [-0.2, -0.15) is 0 Å². The van der Waals surface area contributed by atoms with E-state index in [9.17, 15) is 13.2 Å². The van der Waals surface area contributed by atoms with E-state index in [0.29, 0.717) is 18.0 Å². The molecule has 3 rings (SSSR count). The Labute approximate surface area is 156 Å². The highest BCUT2D eigenvalue weighted by Crippen LogP contribution is 2.23. The molecule has 25 heavy (non-hydrogen) atoms. The standard InChI is InChI=1S/C18H18ClNO3S2/c19-17-6-2-1-4-14(17)7-8-18(21)20(12-16-5-3-10-24-16)15-9-11-25(22,23)13-15/h1-8,10,15H,9,11-13H2. The van der Waals surface area contributed by atoms with Gasteiger partial charge in [0.2, 0.25) is 5.91 Å². The largest absolute Gasteiger partial charge is 0.330 e. The van der Waals surface area contributed by atoms with Gasteiger partial charge in [-0.15, -0.1) is 11.3 Å². The van der Waals surface area contributed by atoms with Crippen molar-refractivity contribution in [3.8, 4) is 0 Å². The topological polar surface area (TPSA) is 54.5 Å². The van der Waals surface area contributed by atoms with Gasteiger partial charge in [-0.05, 0) is 35.6 Å². The van der Waals surface area contributed by atoms with Crippen LogP contribution in [0.3, 0.4) is 0 Å². The van der Waals surface area contributed by atoms with E-state index in [-0.39, 0.29) is 23.5 Å². The van der Waals surface area contributed by atoms with Crippen LogP contribution in [0.2, 0.25) is 5.02 Å². The summed E-state index contributed by atoms with van der Waals surface area (Å²) < 4.78 is 23.6. The quantitative estimate of drug-likeness (QED) is 0.726. The molecule has 0 spiro atoms. The van der Waals surface area contributed by atoms with Crippen molar-refractivity contribution in [2.24, 2.45) is 0 Å². The van der Waals surface area contributed by atoms with Gasteiger partial charge in [0.05, 0.1) is 18.1 Å². The monoisotopic (exact) mass is 395 g/mol. The van der Waals surface area contributed by atoms with Crippen LogP contribution < -0.4 is 0 Å². The Balaban J connectivity index is 1.80. The van der Waals surface area contributed by atoms with Crippen molar-refractivity contribution < 1.29 is 13.2 Å². The Morgan fingerprint density at radius 1 is 1.28 bits per heavy atom. The number of sulfone groups is 1. The van der Waals surface area contributed by atoms with E-state index < -0.39 is 9.84 Å². The molecule has 4 nitrogen and oxygen atoms in total. The number of carbonyl (C=O) groups is 1. The lowest BCUT2D eigenvalue weighted by atomic mass is 10.2. The molecular formula is C18H18ClNO3S2. The molecule has 1 aromatic carbocycles. The summed E-state index contributed by atoms with van der Waals surface area (Å²) in [5.41, 5.74) is 0.757. The first-order valence-corrected chi connectivity index (χ1v) is 11.0. The van der Waals surface area contributed by atoms with E-state index in [1.54, 1.807) is 28.4 Å². The molecule has 0 aliphatic carbocycles. The molecule has 7 heteroatoms. The predicted molar refractivity (Wildman–Crippen MR) is 102 cm³/mol. The van der Waals surface area contributed by atoms with Gasteiger partial charge in [0, 0.05) is 22.0 Å². The first-order valence-electron chi connectivity index (χ1n) is 7.91. The summed E-state index contributed by atoms with van der Waals surface area (Å²) in [6, 6.07) is 10.9. The average Bonchev–Trinajstić information content (AvgIpc) is 3.20. The number of rotatable bonds is 5. The van der Waals surface area contributed by atoms with Crippen molar-refractivity contribution in [2.75, 3.05) is 11.5 Å². The number of nitrogens with zero attached hydrogens (tertiary/aromatic N) is 1. The number of hydrogen-bond donors (Lipinski definition) is 0. The fraction of sp³-hybridized carbons (Fsp3) is 0.278. The lowest BCUT2D eigenvalue weighted by Gasteiger charge is -2.26. The molecule has 0 radical (unpaired) electrons. The maximum absolute atomic E-state index is 12.8. The smallest absolute Gasteiger partial charge is 0.247 e. The van der Waals surface area contributed by atoms with Crippen molar-refractivity contribution in [3.05, 3.63) is 63.3 Å². The van der Waals surface area contributed by atoms with Gasteiger partial charge in [-0.1, -0.05) is 35.9 Å². The summed E-state index contributed by atoms with van der Waals surface area (Å²) in [5, 5.41) is 2.52. The minimum absolute atomic E-state index is 0.0318. The fourth-order valence-corrected chi connectivity index (χ4v) is 5.48. The van der Waals surface area contributed by atoms with Gasteiger partial charge in [0.25, 0.3) is 0 Å². The maximum atomic E-state index is 12.8. The molecule has 2 heterocycles. The molecule has 1 amide bonds. The first-order chi connectivity index (χ1) is 11.9. The van der Waals surface area contributed by atoms with E-state index in [0.717, 1.165) is 10.4 Å². The Bertz CT molecular complexity index is 875. The van der Waals surface area contributed by atoms with Gasteiger partial charge < -0.3 is 4.90 Å². The molecule has 0 N–H and O–H groups in total. The average molecular weight is 396 g/mol. The molecule has 1 atom stereocenters. The van der Waals surface area contributed by atoms with E-state index >= 15 is 0 Å². The third-order valence-electron chi connectivity index (χ3n) is 4.15. The molecule has 132 valence electrons. The zero-order chi connectivity index (χ0) is 17.9. The normalized spacial score (nSPS) is 19.3. The van der Waals surface area contributed by atoms with Crippen LogP contribution >= 0.6 is 22.9 Å². The molecule has 0 saturated carbocycles. The molecule has 0 bridgehead atoms. The van der Waals surface area contributed by atoms with Crippen molar-refractivity contribution in [2.45, 2.75) is 19.0 Å². The molecule has 2 aromatic rings. The highest BCUT2D eigenvalue weighted by atomic mass is 35.5. The van der Waals surface area contributed by atoms with E-state index in [2.05, 4.69) is 0 Å². The molecular weight excluding hydrogens is 378 g/mol. The molecule has 1 unspecified atom stereocenters. The van der Waals surface area contributed by atoms with Gasteiger partial charge in [-0.3, -0.25) is 4.79 Å². The highest BCUT2D eigenvalue weighted by Gasteiger charge is 2.34. The van der Waals surface area contributed by atoms with Crippen LogP contribution in [0.15, 0.2) is 47.9 Å². The summed E-state index contributed by atoms with van der Waals surface area (Å²) in [7, 11) is -3.06. The minimum Gasteiger partial charge on any atom is -0.330 e. The van der Waals surface area contributed by atoms with Crippen LogP contribution in [-0.4, -0.2) is 36.8 Å². The van der Waals surface area contributed by atoms with E-state index in [1.165, 1.54) is 6.08 Å². The molecule has 1 aromatic heterocycles. The molecule has 1 aliphatic heterocycles. The van der Waals surface area contributed by atoms with Crippen LogP contribution in [0.4, 0.5) is 0 Å². The van der Waals surface area contributed by atoms with Crippen molar-refractivity contribution in [1.82, 2.24) is 4.90 Å². The summed E-state index contributed by atoms with van der Waals surface area (Å²) in [6.45, 7) is 0.420. The zero-order valence-corrected chi connectivity index (χ0v) is 15.9. The van der Waals surface area contributed by atoms with Crippen LogP contribution in [-0.2, 0) is 21.2 Å². The third-order valence-corrected chi connectivity index (χ3v) is 7.10. The fourth-order valence-electron chi connectivity index (χ4n) is 2.85. The Morgan fingerprint density at radius 3 is 2.72 bits per heavy atom. The molecule has 1 fully saturated rings. The summed E-state index contributed by atoms with van der Waals surface area (Å²) >= 11 is 7.67. The van der Waals surface area contributed by atoms with Crippen molar-refractivity contribution in [1.29, 1.82) is 0 Å². The second kappa shape index (κ2) is 7.72. The van der Waals surface area contributed by atoms with Gasteiger partial charge >= 0.3 is 0 Å². The number of amides is 1. The zero-order valence-electron chi connectivity index (χ0n) is 13.5. The van der Waals surface area contributed by atoms with Crippen LogP contribution in [0.25, 0.3) is 6.08 Å². The van der Waals surface area contributed by atoms with Crippen molar-refractivity contribution >= 4 is 44.8 Å². The van der Waals surface area contributed by atoms with Crippen LogP contribution in [0.5, 0.6) is 0 Å². The Kier molecular flexibility index (Phi) is 5.61. The highest BCUT2D eigenvalue weighted by molar-refractivity contribution is 7.91. The lowest BCUT2D eigenvalue weighted by Crippen LogP contribution is -2.39. The van der Waals surface area contributed by atoms with Crippen LogP contribution in [0, 0.1) is 0 Å². The Hall–Kier alpha value is -1.63. The molecule has 1 aliphatic rings. The van der Waals surface area contributed by atoms with E-state index in [4.69, 9.17) is 11.6 Å². The summed E-state index contributed by atoms with van der Waals surface area (Å²) in [4.78, 5) is 15.4. The van der Waals surface area contributed by atoms with Gasteiger partial charge in [0.15, 0.2) is 9.84 Å². The number of hydrogen-bond acceptors (Lipinski definition) is 4. The minimum atomic E-state index is -3.06. The number of thiophene rings is 1. The maximum Gasteiger partial charge on any atom is 0.247 e. The summed E-state index contributed by atoms with van der Waals surface area (Å²) in [6.07, 6.45) is 3.63. The first kappa shape index (κ1) is 18.2. The van der Waals surface area contributed by atoms with Crippen LogP contribution in [0.1, 0.15) is 16.9 Å². The predicted octanol–water partition coefficient (Wildman–Crippen LogP) is 3.63. The van der Waals surface area contributed by atoms with Crippen molar-refractivity contribution in [3.63, 3.8) is 0 Å². The second-order valence-electron chi connectivity index (χ2n) is 5.96. The summed E-state index contributed by atoms with van der Waals surface area (Å²) in [5.74, 6) is -0.0279. The van der Waals surface area contributed by atoms with E-state index in [1.807, 2.05) is 35.7 Å². The SMILES string of the molecule is O=C(C=Cc1ccccc1Cl)N(Cc1cccs1)C1CCS(=O)(=O)C1. The number of halogens is 1. The lowest BCUT2D eigenvalue weighted by molar-refractivity contribution is -0.128. The number of carbonyl (C=O) groups excluding carboxylic acids is 1. The third kappa shape index (κ3) is 4.71. The van der Waals surface area contributed by atoms with Gasteiger partial charge in [-0.25, -0.2) is 8.42 Å². The number of benzene rings is 1. The van der Waals surface area contributed by atoms with Gasteiger partial charge in [0.1, 0.15) is 0 Å².